The third kappa shape index (κ3) is 2.69. The van der Waals surface area contributed by atoms with Crippen LogP contribution in [0.15, 0.2) is 42.9 Å². The van der Waals surface area contributed by atoms with E-state index in [0.717, 1.165) is 18.4 Å². The lowest BCUT2D eigenvalue weighted by Crippen LogP contribution is -2.50. The molecular formula is C19H20N4O3. The third-order valence-corrected chi connectivity index (χ3v) is 5.26. The predicted octanol–water partition coefficient (Wildman–Crippen LogP) is 1.41. The minimum absolute atomic E-state index is 0.0846. The first-order valence-corrected chi connectivity index (χ1v) is 8.64. The first-order valence-electron chi connectivity index (χ1n) is 8.64. The maximum atomic E-state index is 12.9. The fraction of sp³-hybridized carbons (Fsp3) is 0.368. The zero-order chi connectivity index (χ0) is 18.1. The Morgan fingerprint density at radius 3 is 2.88 bits per heavy atom. The van der Waals surface area contributed by atoms with E-state index in [1.54, 1.807) is 29.4 Å². The van der Waals surface area contributed by atoms with E-state index in [1.807, 2.05) is 12.1 Å². The van der Waals surface area contributed by atoms with Crippen LogP contribution in [-0.4, -0.2) is 45.9 Å². The summed E-state index contributed by atoms with van der Waals surface area (Å²) in [7, 11) is 1.53. The number of methoxy groups -OCH3 is 1. The van der Waals surface area contributed by atoms with E-state index < -0.39 is 5.54 Å². The van der Waals surface area contributed by atoms with Crippen LogP contribution in [0.3, 0.4) is 0 Å². The minimum atomic E-state index is -0.709. The molecule has 2 aliphatic rings. The molecule has 2 atom stereocenters. The summed E-state index contributed by atoms with van der Waals surface area (Å²) in [5.41, 5.74) is 0.696. The Bertz CT molecular complexity index is 824. The van der Waals surface area contributed by atoms with Crippen molar-refractivity contribution in [3.8, 4) is 5.88 Å². The van der Waals surface area contributed by atoms with Gasteiger partial charge in [-0.15, -0.1) is 0 Å². The van der Waals surface area contributed by atoms with Gasteiger partial charge in [0.1, 0.15) is 5.54 Å². The summed E-state index contributed by atoms with van der Waals surface area (Å²) < 4.78 is 5.03. The van der Waals surface area contributed by atoms with Crippen molar-refractivity contribution in [3.63, 3.8) is 0 Å². The molecule has 4 rings (SSSR count). The highest BCUT2D eigenvalue weighted by molar-refractivity contribution is 6.01. The standard InChI is InChI=1S/C19H20N4O3/c1-26-16-5-4-14(12-21-16)17(24)23-8-6-15-9-19(15,23)18(25)22-11-13-3-2-7-20-10-13/h2-5,7,10,12,15H,6,8-9,11H2,1H3,(H,22,25). The maximum absolute atomic E-state index is 12.9. The molecule has 1 aliphatic carbocycles. The Labute approximate surface area is 151 Å². The molecule has 0 aromatic carbocycles. The Balaban J connectivity index is 1.48. The Kier molecular flexibility index (Phi) is 4.06. The van der Waals surface area contributed by atoms with Crippen LogP contribution in [0.5, 0.6) is 5.88 Å². The van der Waals surface area contributed by atoms with Crippen LogP contribution in [0.1, 0.15) is 28.8 Å². The molecule has 2 fully saturated rings. The molecule has 7 nitrogen and oxygen atoms in total. The van der Waals surface area contributed by atoms with E-state index in [9.17, 15) is 9.59 Å². The fourth-order valence-electron chi connectivity index (χ4n) is 3.78. The van der Waals surface area contributed by atoms with E-state index in [1.165, 1.54) is 13.3 Å². The highest BCUT2D eigenvalue weighted by Crippen LogP contribution is 2.56. The quantitative estimate of drug-likeness (QED) is 0.879. The number of pyridine rings is 2. The third-order valence-electron chi connectivity index (χ3n) is 5.26. The molecule has 7 heteroatoms. The van der Waals surface area contributed by atoms with Gasteiger partial charge in [0.05, 0.1) is 12.7 Å². The van der Waals surface area contributed by atoms with Crippen LogP contribution in [0, 0.1) is 5.92 Å². The number of hydrogen-bond acceptors (Lipinski definition) is 5. The lowest BCUT2D eigenvalue weighted by molar-refractivity contribution is -0.126. The average Bonchev–Trinajstić information content (AvgIpc) is 3.32. The number of amides is 2. The summed E-state index contributed by atoms with van der Waals surface area (Å²) in [5.74, 6) is 0.457. The molecule has 1 saturated carbocycles. The number of likely N-dealkylation sites (tertiary alicyclic amines) is 1. The second-order valence-electron chi connectivity index (χ2n) is 6.70. The van der Waals surface area contributed by atoms with E-state index >= 15 is 0 Å². The zero-order valence-electron chi connectivity index (χ0n) is 14.5. The molecule has 1 aliphatic heterocycles. The molecule has 2 aromatic rings. The number of rotatable bonds is 5. The molecule has 0 bridgehead atoms. The predicted molar refractivity (Wildman–Crippen MR) is 93.4 cm³/mol. The second kappa shape index (κ2) is 6.40. The molecule has 2 aromatic heterocycles. The number of hydrogen-bond donors (Lipinski definition) is 1. The molecule has 26 heavy (non-hydrogen) atoms. The van der Waals surface area contributed by atoms with Crippen LogP contribution >= 0.6 is 0 Å². The SMILES string of the molecule is COc1ccc(C(=O)N2CCC3CC32C(=O)NCc2cccnc2)cn1. The summed E-state index contributed by atoms with van der Waals surface area (Å²) in [5, 5.41) is 2.97. The zero-order valence-corrected chi connectivity index (χ0v) is 14.5. The Morgan fingerprint density at radius 1 is 1.35 bits per heavy atom. The van der Waals surface area contributed by atoms with Crippen molar-refractivity contribution < 1.29 is 14.3 Å². The van der Waals surface area contributed by atoms with Crippen LogP contribution in [0.25, 0.3) is 0 Å². The van der Waals surface area contributed by atoms with Gasteiger partial charge in [-0.1, -0.05) is 6.07 Å². The molecule has 2 amide bonds. The van der Waals surface area contributed by atoms with Gasteiger partial charge >= 0.3 is 0 Å². The molecule has 2 unspecified atom stereocenters. The van der Waals surface area contributed by atoms with E-state index in [2.05, 4.69) is 15.3 Å². The Hall–Kier alpha value is -2.96. The molecule has 1 N–H and O–H groups in total. The summed E-state index contributed by atoms with van der Waals surface area (Å²) >= 11 is 0. The number of fused-ring (bicyclic) bond motifs is 1. The lowest BCUT2D eigenvalue weighted by Gasteiger charge is -2.27. The van der Waals surface area contributed by atoms with Crippen molar-refractivity contribution in [3.05, 3.63) is 54.0 Å². The maximum Gasteiger partial charge on any atom is 0.256 e. The van der Waals surface area contributed by atoms with Gasteiger partial charge in [-0.3, -0.25) is 14.6 Å². The summed E-state index contributed by atoms with van der Waals surface area (Å²) in [4.78, 5) is 35.6. The largest absolute Gasteiger partial charge is 0.481 e. The molecule has 1 saturated heterocycles. The van der Waals surface area contributed by atoms with Gasteiger partial charge in [0.15, 0.2) is 0 Å². The van der Waals surface area contributed by atoms with Crippen LogP contribution in [0.4, 0.5) is 0 Å². The topological polar surface area (TPSA) is 84.4 Å². The number of ether oxygens (including phenoxy) is 1. The molecular weight excluding hydrogens is 332 g/mol. The smallest absolute Gasteiger partial charge is 0.256 e. The van der Waals surface area contributed by atoms with Crippen LogP contribution < -0.4 is 10.1 Å². The number of aromatic nitrogens is 2. The van der Waals surface area contributed by atoms with Gasteiger partial charge < -0.3 is 15.0 Å². The fourth-order valence-corrected chi connectivity index (χ4v) is 3.78. The molecule has 0 radical (unpaired) electrons. The molecule has 0 spiro atoms. The Morgan fingerprint density at radius 2 is 2.23 bits per heavy atom. The average molecular weight is 352 g/mol. The summed E-state index contributed by atoms with van der Waals surface area (Å²) in [6.45, 7) is 1.00. The van der Waals surface area contributed by atoms with Crippen molar-refractivity contribution >= 4 is 11.8 Å². The first kappa shape index (κ1) is 16.5. The van der Waals surface area contributed by atoms with Crippen molar-refractivity contribution in [1.29, 1.82) is 0 Å². The minimum Gasteiger partial charge on any atom is -0.481 e. The molecule has 3 heterocycles. The van der Waals surface area contributed by atoms with Gasteiger partial charge in [0, 0.05) is 37.7 Å². The van der Waals surface area contributed by atoms with E-state index in [-0.39, 0.29) is 17.7 Å². The number of nitrogens with zero attached hydrogens (tertiary/aromatic N) is 3. The van der Waals surface area contributed by atoms with Gasteiger partial charge in [-0.2, -0.15) is 0 Å². The number of nitrogens with one attached hydrogen (secondary N) is 1. The summed E-state index contributed by atoms with van der Waals surface area (Å²) in [6, 6.07) is 7.09. The van der Waals surface area contributed by atoms with Gasteiger partial charge in [0.2, 0.25) is 11.8 Å². The number of piperidine rings is 1. The normalized spacial score (nSPS) is 23.3. The second-order valence-corrected chi connectivity index (χ2v) is 6.70. The van der Waals surface area contributed by atoms with E-state index in [0.29, 0.717) is 24.5 Å². The van der Waals surface area contributed by atoms with E-state index in [4.69, 9.17) is 4.74 Å². The van der Waals surface area contributed by atoms with Crippen molar-refractivity contribution in [1.82, 2.24) is 20.2 Å². The van der Waals surface area contributed by atoms with Crippen LogP contribution in [0.2, 0.25) is 0 Å². The van der Waals surface area contributed by atoms with Gasteiger partial charge in [-0.05, 0) is 36.5 Å². The lowest BCUT2D eigenvalue weighted by atomic mass is 10.1. The number of carbonyl (C=O) groups is 2. The van der Waals surface area contributed by atoms with Crippen molar-refractivity contribution in [2.24, 2.45) is 5.92 Å². The van der Waals surface area contributed by atoms with Crippen molar-refractivity contribution in [2.75, 3.05) is 13.7 Å². The summed E-state index contributed by atoms with van der Waals surface area (Å²) in [6.07, 6.45) is 6.50. The number of carbonyl (C=O) groups excluding carboxylic acids is 2. The van der Waals surface area contributed by atoms with Gasteiger partial charge in [-0.25, -0.2) is 4.98 Å². The first-order chi connectivity index (χ1) is 12.6. The highest BCUT2D eigenvalue weighted by atomic mass is 16.5. The van der Waals surface area contributed by atoms with Crippen molar-refractivity contribution in [2.45, 2.75) is 24.9 Å². The highest BCUT2D eigenvalue weighted by Gasteiger charge is 2.68. The van der Waals surface area contributed by atoms with Gasteiger partial charge in [0.25, 0.3) is 5.91 Å². The molecule has 134 valence electrons. The monoisotopic (exact) mass is 352 g/mol. The van der Waals surface area contributed by atoms with Crippen LogP contribution in [-0.2, 0) is 11.3 Å².